The largest absolute Gasteiger partial charge is 0.457 e. The van der Waals surface area contributed by atoms with E-state index in [4.69, 9.17) is 10.5 Å². The van der Waals surface area contributed by atoms with Gasteiger partial charge in [0.25, 0.3) is 5.91 Å². The Morgan fingerprint density at radius 2 is 1.83 bits per heavy atom. The number of aromatic nitrogens is 3. The van der Waals surface area contributed by atoms with E-state index >= 15 is 0 Å². The summed E-state index contributed by atoms with van der Waals surface area (Å²) in [6.45, 7) is -0.0967. The Labute approximate surface area is 198 Å². The van der Waals surface area contributed by atoms with E-state index in [0.717, 1.165) is 12.1 Å². The average Bonchev–Trinajstić information content (AvgIpc) is 3.24. The summed E-state index contributed by atoms with van der Waals surface area (Å²) in [5, 5.41) is 13.3. The lowest BCUT2D eigenvalue weighted by atomic mass is 10.1. The van der Waals surface area contributed by atoms with Crippen LogP contribution < -0.4 is 10.5 Å². The SMILES string of the molecule is Cn1nccc1-c1cc(C(F)(F)F)ccc1Oc1ccc(-c2cc(CCO)cc(C(N)=O)n2)cc1. The van der Waals surface area contributed by atoms with Crippen LogP contribution in [-0.4, -0.2) is 32.4 Å². The number of carbonyl (C=O) groups is 1. The molecule has 10 heteroatoms. The van der Waals surface area contributed by atoms with Crippen LogP contribution in [0.3, 0.4) is 0 Å². The molecule has 7 nitrogen and oxygen atoms in total. The van der Waals surface area contributed by atoms with E-state index in [1.54, 1.807) is 43.4 Å². The number of primary amides is 1. The Kier molecular flexibility index (Phi) is 6.57. The van der Waals surface area contributed by atoms with Crippen LogP contribution in [0.1, 0.15) is 21.6 Å². The minimum atomic E-state index is -4.51. The van der Waals surface area contributed by atoms with Gasteiger partial charge in [0.05, 0.1) is 17.0 Å². The van der Waals surface area contributed by atoms with Crippen molar-refractivity contribution in [3.63, 3.8) is 0 Å². The van der Waals surface area contributed by atoms with Gasteiger partial charge >= 0.3 is 6.18 Å². The molecule has 0 atom stereocenters. The summed E-state index contributed by atoms with van der Waals surface area (Å²) in [7, 11) is 1.63. The predicted molar refractivity (Wildman–Crippen MR) is 123 cm³/mol. The first-order valence-corrected chi connectivity index (χ1v) is 10.6. The van der Waals surface area contributed by atoms with Crippen molar-refractivity contribution in [1.29, 1.82) is 0 Å². The lowest BCUT2D eigenvalue weighted by Gasteiger charge is -2.15. The second-order valence-electron chi connectivity index (χ2n) is 7.76. The molecule has 0 aliphatic rings. The molecule has 3 N–H and O–H groups in total. The number of aryl methyl sites for hydroxylation is 1. The van der Waals surface area contributed by atoms with Gasteiger partial charge in [-0.3, -0.25) is 9.48 Å². The minimum absolute atomic E-state index is 0.0804. The predicted octanol–water partition coefficient (Wildman–Crippen LogP) is 4.59. The number of alkyl halides is 3. The molecule has 0 unspecified atom stereocenters. The van der Waals surface area contributed by atoms with Crippen LogP contribution in [0, 0.1) is 0 Å². The molecule has 2 aromatic heterocycles. The van der Waals surface area contributed by atoms with E-state index < -0.39 is 17.6 Å². The quantitative estimate of drug-likeness (QED) is 0.401. The van der Waals surface area contributed by atoms with Gasteiger partial charge in [-0.25, -0.2) is 4.98 Å². The van der Waals surface area contributed by atoms with Crippen LogP contribution >= 0.6 is 0 Å². The van der Waals surface area contributed by atoms with Crippen LogP contribution in [0.15, 0.2) is 66.9 Å². The van der Waals surface area contributed by atoms with Crippen molar-refractivity contribution in [2.75, 3.05) is 6.61 Å². The van der Waals surface area contributed by atoms with Crippen molar-refractivity contribution in [3.05, 3.63) is 83.7 Å². The molecule has 4 rings (SSSR count). The molecule has 2 aromatic carbocycles. The fraction of sp³-hybridized carbons (Fsp3) is 0.160. The van der Waals surface area contributed by atoms with Crippen LogP contribution in [0.4, 0.5) is 13.2 Å². The number of nitrogens with zero attached hydrogens (tertiary/aromatic N) is 3. The van der Waals surface area contributed by atoms with Crippen molar-refractivity contribution in [2.45, 2.75) is 12.6 Å². The molecule has 1 amide bonds. The first kappa shape index (κ1) is 24.0. The number of aliphatic hydroxyl groups is 1. The highest BCUT2D eigenvalue weighted by Gasteiger charge is 2.31. The van der Waals surface area contributed by atoms with E-state index in [1.165, 1.54) is 23.0 Å². The first-order valence-electron chi connectivity index (χ1n) is 10.6. The summed E-state index contributed by atoms with van der Waals surface area (Å²) in [4.78, 5) is 15.9. The third-order valence-electron chi connectivity index (χ3n) is 5.32. The Bertz CT molecular complexity index is 1370. The van der Waals surface area contributed by atoms with Crippen LogP contribution in [0.2, 0.25) is 0 Å². The monoisotopic (exact) mass is 482 g/mol. The standard InChI is InChI=1S/C25H21F3N4O3/c1-32-22(8-10-30-32)19-14-17(25(26,27)28)4-7-23(19)35-18-5-2-16(3-6-18)20-12-15(9-11-33)13-21(31-20)24(29)34/h2-8,10,12-14,33H,9,11H2,1H3,(H2,29,34). The maximum absolute atomic E-state index is 13.3. The summed E-state index contributed by atoms with van der Waals surface area (Å²) in [6.07, 6.45) is -2.68. The highest BCUT2D eigenvalue weighted by Crippen LogP contribution is 2.39. The number of halogens is 3. The van der Waals surface area contributed by atoms with E-state index in [0.29, 0.717) is 34.7 Å². The maximum atomic E-state index is 13.3. The molecule has 0 saturated carbocycles. The lowest BCUT2D eigenvalue weighted by molar-refractivity contribution is -0.137. The molecular formula is C25H21F3N4O3. The van der Waals surface area contributed by atoms with E-state index in [9.17, 15) is 23.1 Å². The minimum Gasteiger partial charge on any atom is -0.457 e. The number of pyridine rings is 1. The van der Waals surface area contributed by atoms with Crippen molar-refractivity contribution >= 4 is 5.91 Å². The number of rotatable bonds is 7. The molecule has 0 aliphatic heterocycles. The Balaban J connectivity index is 1.67. The fourth-order valence-corrected chi connectivity index (χ4v) is 3.59. The number of ether oxygens (including phenoxy) is 1. The molecule has 0 fully saturated rings. The second-order valence-corrected chi connectivity index (χ2v) is 7.76. The van der Waals surface area contributed by atoms with Crippen LogP contribution in [0.5, 0.6) is 11.5 Å². The zero-order valence-electron chi connectivity index (χ0n) is 18.6. The third-order valence-corrected chi connectivity index (χ3v) is 5.32. The van der Waals surface area contributed by atoms with E-state index in [-0.39, 0.29) is 23.6 Å². The van der Waals surface area contributed by atoms with Crippen LogP contribution in [-0.2, 0) is 19.6 Å². The zero-order chi connectivity index (χ0) is 25.2. The van der Waals surface area contributed by atoms with Crippen LogP contribution in [0.25, 0.3) is 22.5 Å². The average molecular weight is 482 g/mol. The molecule has 4 aromatic rings. The molecule has 0 spiro atoms. The van der Waals surface area contributed by atoms with Gasteiger partial charge in [0.15, 0.2) is 0 Å². The van der Waals surface area contributed by atoms with Crippen molar-refractivity contribution in [2.24, 2.45) is 12.8 Å². The number of aliphatic hydroxyl groups excluding tert-OH is 1. The van der Waals surface area contributed by atoms with Gasteiger partial charge in [0, 0.05) is 31.0 Å². The van der Waals surface area contributed by atoms with Gasteiger partial charge in [0.1, 0.15) is 17.2 Å². The lowest BCUT2D eigenvalue weighted by Crippen LogP contribution is -2.14. The summed E-state index contributed by atoms with van der Waals surface area (Å²) in [5.41, 5.74) is 7.23. The molecule has 0 aliphatic carbocycles. The Morgan fingerprint density at radius 3 is 2.43 bits per heavy atom. The molecule has 0 bridgehead atoms. The topological polar surface area (TPSA) is 103 Å². The Morgan fingerprint density at radius 1 is 1.09 bits per heavy atom. The summed E-state index contributed by atoms with van der Waals surface area (Å²) < 4.78 is 47.4. The van der Waals surface area contributed by atoms with Gasteiger partial charge < -0.3 is 15.6 Å². The number of nitrogens with two attached hydrogens (primary N) is 1. The number of amides is 1. The Hall–Kier alpha value is -4.18. The second kappa shape index (κ2) is 9.59. The molecule has 0 radical (unpaired) electrons. The molecule has 2 heterocycles. The molecular weight excluding hydrogens is 461 g/mol. The van der Waals surface area contributed by atoms with Gasteiger partial charge in [0.2, 0.25) is 0 Å². The van der Waals surface area contributed by atoms with Gasteiger partial charge in [-0.05, 0) is 72.6 Å². The van der Waals surface area contributed by atoms with Gasteiger partial charge in [-0.15, -0.1) is 0 Å². The fourth-order valence-electron chi connectivity index (χ4n) is 3.59. The maximum Gasteiger partial charge on any atom is 0.416 e. The molecule has 0 saturated heterocycles. The normalized spacial score (nSPS) is 11.5. The number of hydrogen-bond donors (Lipinski definition) is 2. The number of hydrogen-bond acceptors (Lipinski definition) is 5. The zero-order valence-corrected chi connectivity index (χ0v) is 18.6. The number of carbonyl (C=O) groups excluding carboxylic acids is 1. The first-order chi connectivity index (χ1) is 16.7. The van der Waals surface area contributed by atoms with E-state index in [1.807, 2.05) is 0 Å². The smallest absolute Gasteiger partial charge is 0.416 e. The third kappa shape index (κ3) is 5.33. The van der Waals surface area contributed by atoms with Crippen molar-refractivity contribution < 1.29 is 27.8 Å². The van der Waals surface area contributed by atoms with Gasteiger partial charge in [-0.2, -0.15) is 18.3 Å². The highest BCUT2D eigenvalue weighted by molar-refractivity contribution is 5.91. The van der Waals surface area contributed by atoms with Crippen molar-refractivity contribution in [1.82, 2.24) is 14.8 Å². The highest BCUT2D eigenvalue weighted by atomic mass is 19.4. The van der Waals surface area contributed by atoms with E-state index in [2.05, 4.69) is 10.1 Å². The molecule has 180 valence electrons. The van der Waals surface area contributed by atoms with Crippen molar-refractivity contribution in [3.8, 4) is 34.0 Å². The summed E-state index contributed by atoms with van der Waals surface area (Å²) in [6, 6.07) is 14.9. The summed E-state index contributed by atoms with van der Waals surface area (Å²) >= 11 is 0. The number of benzene rings is 2. The molecule has 35 heavy (non-hydrogen) atoms. The van der Waals surface area contributed by atoms with Gasteiger partial charge in [-0.1, -0.05) is 0 Å². The summed E-state index contributed by atoms with van der Waals surface area (Å²) in [5.74, 6) is -0.0667.